The predicted octanol–water partition coefficient (Wildman–Crippen LogP) is 5.34. The first-order chi connectivity index (χ1) is 13.4. The molecule has 4 fully saturated rings. The lowest BCUT2D eigenvalue weighted by molar-refractivity contribution is -0.166. The number of unbranched alkanes of at least 4 members (excludes halogenated alkanes) is 4. The van der Waals surface area contributed by atoms with Crippen LogP contribution in [0.2, 0.25) is 0 Å². The van der Waals surface area contributed by atoms with Gasteiger partial charge in [-0.2, -0.15) is 0 Å². The number of amides is 1. The summed E-state index contributed by atoms with van der Waals surface area (Å²) in [6.07, 6.45) is 11.8. The van der Waals surface area contributed by atoms with Crippen LogP contribution >= 0.6 is 0 Å². The summed E-state index contributed by atoms with van der Waals surface area (Å²) >= 11 is 0. The van der Waals surface area contributed by atoms with Gasteiger partial charge in [0.25, 0.3) is 0 Å². The minimum absolute atomic E-state index is 0.00550. The molecule has 0 radical (unpaired) electrons. The highest BCUT2D eigenvalue weighted by molar-refractivity contribution is 5.92. The van der Waals surface area contributed by atoms with Crippen LogP contribution in [0, 0.1) is 16.2 Å². The van der Waals surface area contributed by atoms with Crippen LogP contribution in [0.25, 0.3) is 0 Å². The van der Waals surface area contributed by atoms with E-state index in [0.29, 0.717) is 16.7 Å². The Balaban J connectivity index is 1.09. The van der Waals surface area contributed by atoms with Crippen LogP contribution in [0.5, 0.6) is 0 Å². The van der Waals surface area contributed by atoms with Crippen molar-refractivity contribution in [1.82, 2.24) is 4.90 Å². The molecule has 1 saturated heterocycles. The van der Waals surface area contributed by atoms with E-state index in [-0.39, 0.29) is 22.7 Å². The summed E-state index contributed by atoms with van der Waals surface area (Å²) in [6, 6.07) is 0. The van der Waals surface area contributed by atoms with Gasteiger partial charge >= 0.3 is 0 Å². The number of carbonyl (C=O) groups excluding carboxylic acids is 1. The summed E-state index contributed by atoms with van der Waals surface area (Å²) in [5.41, 5.74) is 0.941. The molecule has 4 nitrogen and oxygen atoms in total. The molecule has 3 saturated carbocycles. The van der Waals surface area contributed by atoms with Gasteiger partial charge in [0.2, 0.25) is 5.91 Å². The molecule has 1 aliphatic heterocycles. The van der Waals surface area contributed by atoms with Gasteiger partial charge in [-0.05, 0) is 84.5 Å². The molecule has 29 heavy (non-hydrogen) atoms. The molecule has 0 aromatic carbocycles. The number of hydrogen-bond donors (Lipinski definition) is 0. The van der Waals surface area contributed by atoms with Gasteiger partial charge in [-0.25, -0.2) is 0 Å². The fourth-order valence-electron chi connectivity index (χ4n) is 6.59. The third kappa shape index (κ3) is 3.89. The van der Waals surface area contributed by atoms with Crippen molar-refractivity contribution in [3.8, 4) is 0 Å². The first kappa shape index (κ1) is 21.6. The van der Waals surface area contributed by atoms with Crippen LogP contribution in [0.3, 0.4) is 0 Å². The van der Waals surface area contributed by atoms with Crippen LogP contribution in [-0.2, 0) is 14.3 Å². The Morgan fingerprint density at radius 3 is 2.17 bits per heavy atom. The van der Waals surface area contributed by atoms with E-state index < -0.39 is 0 Å². The number of nitrogens with zero attached hydrogens (tertiary/aromatic N) is 1. The number of rotatable bonds is 10. The summed E-state index contributed by atoms with van der Waals surface area (Å²) in [6.45, 7) is 15.2. The summed E-state index contributed by atoms with van der Waals surface area (Å²) in [5.74, 6) is 0.457. The molecule has 4 heteroatoms. The van der Waals surface area contributed by atoms with Crippen LogP contribution < -0.4 is 0 Å². The predicted molar refractivity (Wildman–Crippen MR) is 116 cm³/mol. The molecule has 3 aliphatic carbocycles. The maximum atomic E-state index is 13.1. The molecule has 1 amide bonds. The Hall–Kier alpha value is -0.610. The lowest BCUT2D eigenvalue weighted by atomic mass is 9.71. The van der Waals surface area contributed by atoms with E-state index in [4.69, 9.17) is 9.47 Å². The van der Waals surface area contributed by atoms with Crippen molar-refractivity contribution in [2.75, 3.05) is 19.7 Å². The third-order valence-electron chi connectivity index (χ3n) is 7.96. The standard InChI is InChI=1S/C25H43NO3/c1-21(2,3)28-13-11-9-7-8-10-12-23-16-24(18-25(23,24)17-23)20(27)26-14-19(15-26)29-22(4,5)6/h19H,7-18H2,1-6H3. The number of hydrogen-bond acceptors (Lipinski definition) is 3. The fraction of sp³-hybridized carbons (Fsp3) is 0.960. The van der Waals surface area contributed by atoms with E-state index in [1.807, 2.05) is 0 Å². The molecule has 4 aliphatic rings. The lowest BCUT2D eigenvalue weighted by Crippen LogP contribution is -2.59. The Kier molecular flexibility index (Phi) is 5.18. The van der Waals surface area contributed by atoms with Crippen LogP contribution in [-0.4, -0.2) is 47.8 Å². The van der Waals surface area contributed by atoms with Crippen molar-refractivity contribution >= 4 is 5.91 Å². The summed E-state index contributed by atoms with van der Waals surface area (Å²) in [5, 5.41) is 0. The van der Waals surface area contributed by atoms with E-state index in [1.54, 1.807) is 0 Å². The van der Waals surface area contributed by atoms with Crippen molar-refractivity contribution < 1.29 is 14.3 Å². The zero-order valence-corrected chi connectivity index (χ0v) is 19.7. The summed E-state index contributed by atoms with van der Waals surface area (Å²) < 4.78 is 11.8. The summed E-state index contributed by atoms with van der Waals surface area (Å²) in [4.78, 5) is 15.1. The topological polar surface area (TPSA) is 38.8 Å². The normalized spacial score (nSPS) is 35.4. The molecular weight excluding hydrogens is 362 g/mol. The molecule has 0 aromatic heterocycles. The van der Waals surface area contributed by atoms with Crippen LogP contribution in [0.15, 0.2) is 0 Å². The van der Waals surface area contributed by atoms with Gasteiger partial charge in [0.15, 0.2) is 0 Å². The molecule has 0 N–H and O–H groups in total. The fourth-order valence-corrected chi connectivity index (χ4v) is 6.59. The number of likely N-dealkylation sites (tertiary alicyclic amines) is 1. The van der Waals surface area contributed by atoms with Gasteiger partial charge in [-0.15, -0.1) is 0 Å². The van der Waals surface area contributed by atoms with E-state index in [0.717, 1.165) is 19.7 Å². The van der Waals surface area contributed by atoms with Crippen molar-refractivity contribution in [3.63, 3.8) is 0 Å². The largest absolute Gasteiger partial charge is 0.376 e. The molecule has 0 aromatic rings. The third-order valence-corrected chi connectivity index (χ3v) is 7.96. The van der Waals surface area contributed by atoms with E-state index in [1.165, 1.54) is 57.8 Å². The number of carbonyl (C=O) groups is 1. The Bertz CT molecular complexity index is 641. The molecular formula is C25H43NO3. The molecule has 0 bridgehead atoms. The van der Waals surface area contributed by atoms with Gasteiger partial charge in [0, 0.05) is 19.7 Å². The molecule has 166 valence electrons. The smallest absolute Gasteiger partial charge is 0.229 e. The van der Waals surface area contributed by atoms with Crippen molar-refractivity contribution in [2.45, 2.75) is 117 Å². The minimum Gasteiger partial charge on any atom is -0.376 e. The van der Waals surface area contributed by atoms with Gasteiger partial charge in [-0.1, -0.05) is 25.7 Å². The van der Waals surface area contributed by atoms with E-state index in [9.17, 15) is 4.79 Å². The van der Waals surface area contributed by atoms with Crippen LogP contribution in [0.4, 0.5) is 0 Å². The number of ether oxygens (including phenoxy) is 2. The average Bonchev–Trinajstić information content (AvgIpc) is 3.31. The summed E-state index contributed by atoms with van der Waals surface area (Å²) in [7, 11) is 0. The Morgan fingerprint density at radius 2 is 1.55 bits per heavy atom. The Morgan fingerprint density at radius 1 is 0.897 bits per heavy atom. The lowest BCUT2D eigenvalue weighted by Gasteiger charge is -2.46. The monoisotopic (exact) mass is 405 g/mol. The Labute approximate surface area is 178 Å². The van der Waals surface area contributed by atoms with Crippen molar-refractivity contribution in [3.05, 3.63) is 0 Å². The second-order valence-corrected chi connectivity index (χ2v) is 12.5. The molecule has 3 atom stereocenters. The van der Waals surface area contributed by atoms with Crippen molar-refractivity contribution in [1.29, 1.82) is 0 Å². The van der Waals surface area contributed by atoms with E-state index >= 15 is 0 Å². The van der Waals surface area contributed by atoms with Gasteiger partial charge in [0.1, 0.15) is 0 Å². The SMILES string of the molecule is CC(C)(C)OCCCCCCCC12CC3(C(=O)N4CC(OC(C)(C)C)C4)CC13C2. The second-order valence-electron chi connectivity index (χ2n) is 12.5. The quantitative estimate of drug-likeness (QED) is 0.461. The first-order valence-corrected chi connectivity index (χ1v) is 12.0. The molecule has 4 rings (SSSR count). The van der Waals surface area contributed by atoms with Gasteiger partial charge in [0.05, 0.1) is 22.7 Å². The van der Waals surface area contributed by atoms with Crippen LogP contribution in [0.1, 0.15) is 99.3 Å². The van der Waals surface area contributed by atoms with Crippen molar-refractivity contribution in [2.24, 2.45) is 16.2 Å². The zero-order chi connectivity index (χ0) is 21.1. The highest BCUT2D eigenvalue weighted by atomic mass is 16.5. The maximum Gasteiger partial charge on any atom is 0.229 e. The average molecular weight is 406 g/mol. The maximum absolute atomic E-state index is 13.1. The van der Waals surface area contributed by atoms with E-state index in [2.05, 4.69) is 46.4 Å². The minimum atomic E-state index is -0.110. The highest BCUT2D eigenvalue weighted by Crippen LogP contribution is 3.01. The first-order valence-electron chi connectivity index (χ1n) is 12.0. The molecule has 3 unspecified atom stereocenters. The zero-order valence-electron chi connectivity index (χ0n) is 19.7. The molecule has 1 spiro atoms. The molecule has 1 heterocycles. The second kappa shape index (κ2) is 6.95. The van der Waals surface area contributed by atoms with Gasteiger partial charge in [-0.3, -0.25) is 4.79 Å². The van der Waals surface area contributed by atoms with Gasteiger partial charge < -0.3 is 14.4 Å². The highest BCUT2D eigenvalue weighted by Gasteiger charge is 2.98.